The van der Waals surface area contributed by atoms with Crippen molar-refractivity contribution in [3.8, 4) is 0 Å². The van der Waals surface area contributed by atoms with Gasteiger partial charge in [-0.15, -0.1) is 0 Å². The normalized spacial score (nSPS) is 14.1. The molecule has 0 unspecified atom stereocenters. The summed E-state index contributed by atoms with van der Waals surface area (Å²) < 4.78 is 1.87. The van der Waals surface area contributed by atoms with Gasteiger partial charge in [0.15, 0.2) is 0 Å². The largest absolute Gasteiger partial charge is 0.311 e. The van der Waals surface area contributed by atoms with Crippen LogP contribution in [0.25, 0.3) is 16.7 Å². The van der Waals surface area contributed by atoms with Crippen molar-refractivity contribution < 1.29 is 4.79 Å². The summed E-state index contributed by atoms with van der Waals surface area (Å²) in [7, 11) is 1.88. The summed E-state index contributed by atoms with van der Waals surface area (Å²) in [6, 6.07) is 11.2. The number of hydrogen-bond acceptors (Lipinski definition) is 4. The predicted molar refractivity (Wildman–Crippen MR) is 83.9 cm³/mol. The lowest BCUT2D eigenvalue weighted by molar-refractivity contribution is 0.0972. The quantitative estimate of drug-likeness (QED) is 0.746. The predicted octanol–water partition coefficient (Wildman–Crippen LogP) is 2.10. The molecule has 0 saturated carbocycles. The number of hydrogen-bond donors (Lipinski definition) is 1. The highest BCUT2D eigenvalue weighted by atomic mass is 16.2. The van der Waals surface area contributed by atoms with Crippen LogP contribution in [0.3, 0.4) is 0 Å². The third kappa shape index (κ3) is 1.64. The van der Waals surface area contributed by atoms with Gasteiger partial charge in [-0.3, -0.25) is 15.2 Å². The van der Waals surface area contributed by atoms with Gasteiger partial charge in [-0.2, -0.15) is 5.01 Å². The van der Waals surface area contributed by atoms with Gasteiger partial charge in [0, 0.05) is 13.2 Å². The van der Waals surface area contributed by atoms with Crippen molar-refractivity contribution >= 4 is 28.6 Å². The number of nitrogens with one attached hydrogen (secondary N) is 1. The van der Waals surface area contributed by atoms with Crippen LogP contribution in [0.2, 0.25) is 0 Å². The van der Waals surface area contributed by atoms with E-state index in [2.05, 4.69) is 22.0 Å². The second kappa shape index (κ2) is 4.42. The molecule has 4 rings (SSSR count). The molecule has 0 radical (unpaired) electrons. The Morgan fingerprint density at radius 3 is 2.82 bits per heavy atom. The highest BCUT2D eigenvalue weighted by Gasteiger charge is 2.31. The zero-order valence-electron chi connectivity index (χ0n) is 11.9. The first-order valence-corrected chi connectivity index (χ1v) is 6.83. The van der Waals surface area contributed by atoms with Gasteiger partial charge < -0.3 is 4.57 Å². The lowest BCUT2D eigenvalue weighted by Crippen LogP contribution is -2.47. The number of para-hydroxylation sites is 2. The van der Waals surface area contributed by atoms with E-state index in [-0.39, 0.29) is 5.91 Å². The van der Waals surface area contributed by atoms with E-state index in [4.69, 9.17) is 0 Å². The molecule has 6 nitrogen and oxygen atoms in total. The van der Waals surface area contributed by atoms with Crippen LogP contribution in [0.15, 0.2) is 49.2 Å². The van der Waals surface area contributed by atoms with Crippen LogP contribution >= 0.6 is 0 Å². The molecule has 3 heterocycles. The summed E-state index contributed by atoms with van der Waals surface area (Å²) in [5, 5.41) is 1.41. The van der Waals surface area contributed by atoms with Crippen molar-refractivity contribution in [1.29, 1.82) is 0 Å². The van der Waals surface area contributed by atoms with Gasteiger partial charge in [0.25, 0.3) is 5.91 Å². The zero-order valence-corrected chi connectivity index (χ0v) is 11.9. The van der Waals surface area contributed by atoms with Crippen LogP contribution in [0.5, 0.6) is 0 Å². The molecular weight excluding hydrogens is 278 g/mol. The molecule has 1 aliphatic rings. The van der Waals surface area contributed by atoms with E-state index in [9.17, 15) is 4.79 Å². The van der Waals surface area contributed by atoms with Crippen molar-refractivity contribution in [1.82, 2.24) is 20.0 Å². The standard InChI is InChI=1S/C16H13N5O/c1-10-14-11(6-5-9-17-14)15(22)21(19-10)16-18-12-7-3-4-8-13(12)20(16)2/h3-9,19H,1H2,2H3. The Bertz CT molecular complexity index is 927. The van der Waals surface area contributed by atoms with E-state index in [1.165, 1.54) is 5.01 Å². The Labute approximate surface area is 126 Å². The number of aromatic nitrogens is 3. The average molecular weight is 291 g/mol. The van der Waals surface area contributed by atoms with Gasteiger partial charge in [-0.05, 0) is 24.3 Å². The molecule has 22 heavy (non-hydrogen) atoms. The van der Waals surface area contributed by atoms with E-state index < -0.39 is 0 Å². The number of fused-ring (bicyclic) bond motifs is 2. The lowest BCUT2D eigenvalue weighted by atomic mass is 10.1. The summed E-state index contributed by atoms with van der Waals surface area (Å²) >= 11 is 0. The van der Waals surface area contributed by atoms with Crippen LogP contribution in [0.1, 0.15) is 16.1 Å². The van der Waals surface area contributed by atoms with Crippen LogP contribution in [0.4, 0.5) is 5.95 Å². The minimum absolute atomic E-state index is 0.200. The molecule has 0 aliphatic carbocycles. The Kier molecular flexibility index (Phi) is 2.53. The first-order chi connectivity index (χ1) is 10.7. The number of amides is 1. The van der Waals surface area contributed by atoms with E-state index in [1.54, 1.807) is 18.3 Å². The van der Waals surface area contributed by atoms with Gasteiger partial charge in [0.1, 0.15) is 5.69 Å². The molecule has 108 valence electrons. The number of carbonyl (C=O) groups is 1. The number of imidazole rings is 1. The highest BCUT2D eigenvalue weighted by molar-refractivity contribution is 6.10. The Hall–Kier alpha value is -3.15. The fraction of sp³-hybridized carbons (Fsp3) is 0.0625. The SMILES string of the molecule is C=C1NN(c2nc3ccccc3n2C)C(=O)c2cccnc21. The lowest BCUT2D eigenvalue weighted by Gasteiger charge is -2.29. The minimum atomic E-state index is -0.200. The van der Waals surface area contributed by atoms with E-state index >= 15 is 0 Å². The molecule has 6 heteroatoms. The third-order valence-corrected chi connectivity index (χ3v) is 3.74. The van der Waals surface area contributed by atoms with Crippen LogP contribution in [0, 0.1) is 0 Å². The van der Waals surface area contributed by atoms with Crippen LogP contribution in [-0.2, 0) is 7.05 Å². The summed E-state index contributed by atoms with van der Waals surface area (Å²) in [5.74, 6) is 0.316. The fourth-order valence-electron chi connectivity index (χ4n) is 2.65. The van der Waals surface area contributed by atoms with Gasteiger partial charge in [0.05, 0.1) is 22.3 Å². The molecule has 1 N–H and O–H groups in total. The van der Waals surface area contributed by atoms with E-state index in [1.807, 2.05) is 35.9 Å². The maximum Gasteiger partial charge on any atom is 0.281 e. The number of benzene rings is 1. The van der Waals surface area contributed by atoms with Crippen molar-refractivity contribution in [2.45, 2.75) is 0 Å². The zero-order chi connectivity index (χ0) is 15.3. The van der Waals surface area contributed by atoms with Gasteiger partial charge in [-0.25, -0.2) is 4.98 Å². The molecule has 2 aromatic heterocycles. The Balaban J connectivity index is 1.88. The summed E-state index contributed by atoms with van der Waals surface area (Å²) in [6.07, 6.45) is 1.64. The molecule has 0 spiro atoms. The topological polar surface area (TPSA) is 63.1 Å². The molecule has 3 aromatic rings. The van der Waals surface area contributed by atoms with Crippen LogP contribution in [-0.4, -0.2) is 20.4 Å². The number of nitrogens with zero attached hydrogens (tertiary/aromatic N) is 4. The summed E-state index contributed by atoms with van der Waals surface area (Å²) in [4.78, 5) is 21.5. The van der Waals surface area contributed by atoms with Gasteiger partial charge in [-0.1, -0.05) is 18.7 Å². The minimum Gasteiger partial charge on any atom is -0.311 e. The summed E-state index contributed by atoms with van der Waals surface area (Å²) in [6.45, 7) is 3.94. The molecular formula is C16H13N5O. The molecule has 0 saturated heterocycles. The van der Waals surface area contributed by atoms with Gasteiger partial charge in [0.2, 0.25) is 5.95 Å². The number of aryl methyl sites for hydroxylation is 1. The Morgan fingerprint density at radius 1 is 1.18 bits per heavy atom. The molecule has 1 aromatic carbocycles. The van der Waals surface area contributed by atoms with Crippen LogP contribution < -0.4 is 10.4 Å². The highest BCUT2D eigenvalue weighted by Crippen LogP contribution is 2.26. The maximum atomic E-state index is 12.7. The Morgan fingerprint density at radius 2 is 2.00 bits per heavy atom. The van der Waals surface area contributed by atoms with Crippen molar-refractivity contribution in [2.75, 3.05) is 5.01 Å². The van der Waals surface area contributed by atoms with Crippen molar-refractivity contribution in [3.05, 3.63) is 60.4 Å². The van der Waals surface area contributed by atoms with Crippen molar-refractivity contribution in [2.24, 2.45) is 7.05 Å². The van der Waals surface area contributed by atoms with Gasteiger partial charge >= 0.3 is 0 Å². The monoisotopic (exact) mass is 291 g/mol. The number of rotatable bonds is 1. The number of pyridine rings is 1. The first kappa shape index (κ1) is 12.6. The third-order valence-electron chi connectivity index (χ3n) is 3.74. The maximum absolute atomic E-state index is 12.7. The molecule has 0 atom stereocenters. The van der Waals surface area contributed by atoms with E-state index in [0.29, 0.717) is 22.9 Å². The second-order valence-electron chi connectivity index (χ2n) is 5.09. The summed E-state index contributed by atoms with van der Waals surface area (Å²) in [5.41, 5.74) is 6.42. The molecule has 1 aliphatic heterocycles. The molecule has 0 fully saturated rings. The van der Waals surface area contributed by atoms with Crippen molar-refractivity contribution in [3.63, 3.8) is 0 Å². The number of carbonyl (C=O) groups excluding carboxylic acids is 1. The fourth-order valence-corrected chi connectivity index (χ4v) is 2.65. The molecule has 1 amide bonds. The van der Waals surface area contributed by atoms with E-state index in [0.717, 1.165) is 11.0 Å². The second-order valence-corrected chi connectivity index (χ2v) is 5.09. The number of anilines is 1. The first-order valence-electron chi connectivity index (χ1n) is 6.83. The molecule has 0 bridgehead atoms. The smallest absolute Gasteiger partial charge is 0.281 e. The number of hydrazine groups is 1. The average Bonchev–Trinajstić information content (AvgIpc) is 2.88.